The van der Waals surface area contributed by atoms with Crippen LogP contribution in [0.2, 0.25) is 0 Å². The highest BCUT2D eigenvalue weighted by molar-refractivity contribution is 5.90. The monoisotopic (exact) mass is 445 g/mol. The first-order chi connectivity index (χ1) is 16.0. The molecule has 9 heteroatoms. The SMILES string of the molecule is COc1ccc(Cn2ncc(C)c2NC(=O)CCc2nnnn2-c2cccc(C)c2C)cc1. The van der Waals surface area contributed by atoms with Crippen LogP contribution in [0.5, 0.6) is 5.75 Å². The van der Waals surface area contributed by atoms with E-state index in [0.29, 0.717) is 24.6 Å². The van der Waals surface area contributed by atoms with Gasteiger partial charge in [0.1, 0.15) is 11.6 Å². The summed E-state index contributed by atoms with van der Waals surface area (Å²) in [5.41, 5.74) is 5.14. The number of anilines is 1. The van der Waals surface area contributed by atoms with Crippen molar-refractivity contribution in [2.24, 2.45) is 0 Å². The maximum Gasteiger partial charge on any atom is 0.225 e. The van der Waals surface area contributed by atoms with Gasteiger partial charge >= 0.3 is 0 Å². The number of nitrogens with one attached hydrogen (secondary N) is 1. The number of benzene rings is 2. The summed E-state index contributed by atoms with van der Waals surface area (Å²) in [6, 6.07) is 13.8. The summed E-state index contributed by atoms with van der Waals surface area (Å²) in [5, 5.41) is 19.5. The molecule has 0 radical (unpaired) electrons. The molecule has 1 N–H and O–H groups in total. The van der Waals surface area contributed by atoms with Crippen LogP contribution >= 0.6 is 0 Å². The topological polar surface area (TPSA) is 99.8 Å². The van der Waals surface area contributed by atoms with Crippen molar-refractivity contribution in [2.45, 2.75) is 40.2 Å². The highest BCUT2D eigenvalue weighted by Gasteiger charge is 2.15. The second-order valence-electron chi connectivity index (χ2n) is 7.96. The minimum atomic E-state index is -0.120. The van der Waals surface area contributed by atoms with Crippen molar-refractivity contribution in [1.29, 1.82) is 0 Å². The number of hydrogen-bond donors (Lipinski definition) is 1. The van der Waals surface area contributed by atoms with E-state index in [4.69, 9.17) is 4.74 Å². The average molecular weight is 446 g/mol. The maximum atomic E-state index is 12.8. The molecule has 0 atom stereocenters. The first-order valence-corrected chi connectivity index (χ1v) is 10.8. The van der Waals surface area contributed by atoms with Crippen LogP contribution in [0.3, 0.4) is 0 Å². The Morgan fingerprint density at radius 2 is 1.85 bits per heavy atom. The fourth-order valence-corrected chi connectivity index (χ4v) is 3.60. The zero-order chi connectivity index (χ0) is 23.4. The lowest BCUT2D eigenvalue weighted by Gasteiger charge is -2.12. The van der Waals surface area contributed by atoms with E-state index in [1.807, 2.05) is 63.2 Å². The van der Waals surface area contributed by atoms with E-state index >= 15 is 0 Å². The van der Waals surface area contributed by atoms with E-state index in [1.165, 1.54) is 0 Å². The Hall–Kier alpha value is -4.01. The summed E-state index contributed by atoms with van der Waals surface area (Å²) in [6.45, 7) is 6.55. The number of carbonyl (C=O) groups is 1. The van der Waals surface area contributed by atoms with Crippen molar-refractivity contribution in [3.05, 3.63) is 76.7 Å². The summed E-state index contributed by atoms with van der Waals surface area (Å²) < 4.78 is 8.70. The highest BCUT2D eigenvalue weighted by Crippen LogP contribution is 2.20. The minimum absolute atomic E-state index is 0.120. The van der Waals surface area contributed by atoms with E-state index in [-0.39, 0.29) is 12.3 Å². The molecule has 0 unspecified atom stereocenters. The molecule has 2 heterocycles. The van der Waals surface area contributed by atoms with Gasteiger partial charge in [0.15, 0.2) is 5.82 Å². The lowest BCUT2D eigenvalue weighted by molar-refractivity contribution is -0.116. The van der Waals surface area contributed by atoms with Crippen LogP contribution in [0.15, 0.2) is 48.7 Å². The summed E-state index contributed by atoms with van der Waals surface area (Å²) in [7, 11) is 1.64. The quantitative estimate of drug-likeness (QED) is 0.446. The van der Waals surface area contributed by atoms with Gasteiger partial charge in [0, 0.05) is 18.4 Å². The molecule has 0 aliphatic heterocycles. The molecule has 170 valence electrons. The number of aryl methyl sites for hydroxylation is 3. The first kappa shape index (κ1) is 22.2. The highest BCUT2D eigenvalue weighted by atomic mass is 16.5. The van der Waals surface area contributed by atoms with Crippen molar-refractivity contribution >= 4 is 11.7 Å². The molecule has 0 bridgehead atoms. The van der Waals surface area contributed by atoms with E-state index in [0.717, 1.165) is 33.7 Å². The van der Waals surface area contributed by atoms with Crippen molar-refractivity contribution in [2.75, 3.05) is 12.4 Å². The maximum absolute atomic E-state index is 12.8. The summed E-state index contributed by atoms with van der Waals surface area (Å²) >= 11 is 0. The molecule has 33 heavy (non-hydrogen) atoms. The second kappa shape index (κ2) is 9.64. The van der Waals surface area contributed by atoms with E-state index < -0.39 is 0 Å². The molecular weight excluding hydrogens is 418 g/mol. The van der Waals surface area contributed by atoms with Crippen LogP contribution in [0.4, 0.5) is 5.82 Å². The third-order valence-corrected chi connectivity index (χ3v) is 5.69. The van der Waals surface area contributed by atoms with Crippen molar-refractivity contribution in [3.63, 3.8) is 0 Å². The Balaban J connectivity index is 1.43. The van der Waals surface area contributed by atoms with Gasteiger partial charge in [0.05, 0.1) is 25.5 Å². The van der Waals surface area contributed by atoms with Crippen molar-refractivity contribution in [1.82, 2.24) is 30.0 Å². The Morgan fingerprint density at radius 3 is 2.61 bits per heavy atom. The molecule has 2 aromatic carbocycles. The number of tetrazole rings is 1. The molecule has 9 nitrogen and oxygen atoms in total. The fraction of sp³-hybridized carbons (Fsp3) is 0.292. The molecule has 4 rings (SSSR count). The van der Waals surface area contributed by atoms with Crippen LogP contribution < -0.4 is 10.1 Å². The predicted molar refractivity (Wildman–Crippen MR) is 125 cm³/mol. The normalized spacial score (nSPS) is 10.9. The molecule has 4 aromatic rings. The number of carbonyl (C=O) groups excluding carboxylic acids is 1. The molecule has 0 spiro atoms. The Morgan fingerprint density at radius 1 is 1.06 bits per heavy atom. The van der Waals surface area contributed by atoms with Crippen LogP contribution in [0.1, 0.15) is 34.5 Å². The molecule has 0 saturated carbocycles. The van der Waals surface area contributed by atoms with Gasteiger partial charge in [0.2, 0.25) is 5.91 Å². The summed E-state index contributed by atoms with van der Waals surface area (Å²) in [4.78, 5) is 12.8. The van der Waals surface area contributed by atoms with Crippen LogP contribution in [-0.2, 0) is 17.8 Å². The van der Waals surface area contributed by atoms with Gasteiger partial charge in [-0.25, -0.2) is 4.68 Å². The predicted octanol–water partition coefficient (Wildman–Crippen LogP) is 3.41. The zero-order valence-electron chi connectivity index (χ0n) is 19.2. The molecule has 0 aliphatic carbocycles. The summed E-state index contributed by atoms with van der Waals surface area (Å²) in [6.07, 6.45) is 2.41. The van der Waals surface area contributed by atoms with Gasteiger partial charge in [0.25, 0.3) is 0 Å². The number of ether oxygens (including phenoxy) is 1. The van der Waals surface area contributed by atoms with Crippen LogP contribution in [0.25, 0.3) is 5.69 Å². The van der Waals surface area contributed by atoms with Crippen LogP contribution in [-0.4, -0.2) is 43.0 Å². The van der Waals surface area contributed by atoms with Crippen molar-refractivity contribution < 1.29 is 9.53 Å². The molecule has 1 amide bonds. The van der Waals surface area contributed by atoms with Gasteiger partial charge in [-0.15, -0.1) is 5.10 Å². The average Bonchev–Trinajstić information content (AvgIpc) is 3.42. The molecule has 2 aromatic heterocycles. The first-order valence-electron chi connectivity index (χ1n) is 10.8. The summed E-state index contributed by atoms with van der Waals surface area (Å²) in [5.74, 6) is 2.00. The van der Waals surface area contributed by atoms with Crippen LogP contribution in [0, 0.1) is 20.8 Å². The van der Waals surface area contributed by atoms with Gasteiger partial charge in [-0.2, -0.15) is 9.78 Å². The molecular formula is C24H27N7O2. The third kappa shape index (κ3) is 4.92. The minimum Gasteiger partial charge on any atom is -0.497 e. The smallest absolute Gasteiger partial charge is 0.225 e. The Kier molecular flexibility index (Phi) is 6.48. The lowest BCUT2D eigenvalue weighted by atomic mass is 10.1. The number of aromatic nitrogens is 6. The zero-order valence-corrected chi connectivity index (χ0v) is 19.2. The van der Waals surface area contributed by atoms with E-state index in [9.17, 15) is 4.79 Å². The van der Waals surface area contributed by atoms with E-state index in [1.54, 1.807) is 22.7 Å². The number of nitrogens with zero attached hydrogens (tertiary/aromatic N) is 6. The van der Waals surface area contributed by atoms with Crippen molar-refractivity contribution in [3.8, 4) is 11.4 Å². The second-order valence-corrected chi connectivity index (χ2v) is 7.96. The fourth-order valence-electron chi connectivity index (χ4n) is 3.60. The lowest BCUT2D eigenvalue weighted by Crippen LogP contribution is -2.18. The van der Waals surface area contributed by atoms with Gasteiger partial charge in [-0.05, 0) is 66.1 Å². The molecule has 0 fully saturated rings. The number of rotatable bonds is 8. The third-order valence-electron chi connectivity index (χ3n) is 5.69. The molecule has 0 saturated heterocycles. The standard InChI is InChI=1S/C24H27N7O2/c1-16-6-5-7-21(18(16)3)31-22(27-28-29-31)12-13-23(32)26-24-17(2)14-25-30(24)15-19-8-10-20(33-4)11-9-19/h5-11,14H,12-13,15H2,1-4H3,(H,26,32). The molecule has 0 aliphatic rings. The van der Waals surface area contributed by atoms with E-state index in [2.05, 4.69) is 25.9 Å². The Bertz CT molecular complexity index is 1260. The van der Waals surface area contributed by atoms with Gasteiger partial charge in [-0.3, -0.25) is 4.79 Å². The number of hydrogen-bond acceptors (Lipinski definition) is 6. The largest absolute Gasteiger partial charge is 0.497 e. The van der Waals surface area contributed by atoms with Gasteiger partial charge < -0.3 is 10.1 Å². The number of methoxy groups -OCH3 is 1. The Labute approximate surface area is 192 Å². The van der Waals surface area contributed by atoms with Gasteiger partial charge in [-0.1, -0.05) is 24.3 Å². The number of amides is 1.